The molecule has 1 saturated heterocycles. The van der Waals surface area contributed by atoms with Crippen LogP contribution in [0.2, 0.25) is 0 Å². The number of nitrogens with one attached hydrogen (secondary N) is 2. The summed E-state index contributed by atoms with van der Waals surface area (Å²) in [7, 11) is 0. The summed E-state index contributed by atoms with van der Waals surface area (Å²) in [5.41, 5.74) is 5.88. The summed E-state index contributed by atoms with van der Waals surface area (Å²) in [4.78, 5) is 10.2. The maximum absolute atomic E-state index is 5.63. The van der Waals surface area contributed by atoms with Crippen molar-refractivity contribution in [2.45, 2.75) is 25.7 Å². The Kier molecular flexibility index (Phi) is 4.40. The maximum Gasteiger partial charge on any atom is 0.173 e. The second kappa shape index (κ2) is 6.84. The monoisotopic (exact) mass is 350 g/mol. The van der Waals surface area contributed by atoms with E-state index in [0.29, 0.717) is 5.92 Å². The Labute approximate surface area is 153 Å². The number of pyridine rings is 1. The lowest BCUT2D eigenvalue weighted by Crippen LogP contribution is -2.40. The number of thiocarbonyl (C=S) groups is 1. The van der Waals surface area contributed by atoms with Gasteiger partial charge < -0.3 is 15.2 Å². The molecule has 0 saturated carbocycles. The Morgan fingerprint density at radius 1 is 1.20 bits per heavy atom. The van der Waals surface area contributed by atoms with Crippen LogP contribution in [0.25, 0.3) is 11.0 Å². The van der Waals surface area contributed by atoms with Gasteiger partial charge in [-0.05, 0) is 67.2 Å². The molecule has 0 bridgehead atoms. The molecule has 128 valence electrons. The third-order valence-corrected chi connectivity index (χ3v) is 5.43. The average molecular weight is 350 g/mol. The molecule has 4 rings (SSSR count). The minimum Gasteiger partial charge on any atom is -0.360 e. The van der Waals surface area contributed by atoms with E-state index in [2.05, 4.69) is 51.5 Å². The normalized spacial score (nSPS) is 15.5. The fourth-order valence-corrected chi connectivity index (χ4v) is 3.88. The first-order chi connectivity index (χ1) is 12.2. The molecule has 0 amide bonds. The standard InChI is InChI=1S/C20H22N4S/c1-14-5-2-3-6-17(14)23-20(25)24-11-8-15(9-12-24)16-13-22-18-7-4-10-21-19(16)18/h2-7,10,13,15,22H,8-9,11-12H2,1H3,(H,23,25). The summed E-state index contributed by atoms with van der Waals surface area (Å²) in [6.07, 6.45) is 6.19. The van der Waals surface area contributed by atoms with Crippen LogP contribution in [0.15, 0.2) is 48.8 Å². The van der Waals surface area contributed by atoms with Crippen molar-refractivity contribution >= 4 is 34.1 Å². The molecule has 3 heterocycles. The zero-order chi connectivity index (χ0) is 17.2. The first-order valence-corrected chi connectivity index (χ1v) is 9.17. The third-order valence-electron chi connectivity index (χ3n) is 5.07. The molecule has 0 radical (unpaired) electrons. The molecule has 0 spiro atoms. The van der Waals surface area contributed by atoms with Crippen molar-refractivity contribution in [1.82, 2.24) is 14.9 Å². The number of piperidine rings is 1. The number of hydrogen-bond donors (Lipinski definition) is 2. The lowest BCUT2D eigenvalue weighted by Gasteiger charge is -2.34. The fourth-order valence-electron chi connectivity index (χ4n) is 3.59. The van der Waals surface area contributed by atoms with E-state index in [0.717, 1.165) is 47.8 Å². The van der Waals surface area contributed by atoms with E-state index in [-0.39, 0.29) is 0 Å². The molecule has 2 aromatic heterocycles. The molecule has 2 N–H and O–H groups in total. The van der Waals surface area contributed by atoms with Gasteiger partial charge in [0.1, 0.15) is 0 Å². The van der Waals surface area contributed by atoms with E-state index in [1.165, 1.54) is 11.1 Å². The molecule has 5 heteroatoms. The van der Waals surface area contributed by atoms with Gasteiger partial charge in [0, 0.05) is 31.2 Å². The second-order valence-corrected chi connectivity index (χ2v) is 7.04. The highest BCUT2D eigenvalue weighted by molar-refractivity contribution is 7.80. The molecule has 1 aromatic carbocycles. The molecule has 0 unspecified atom stereocenters. The number of aromatic amines is 1. The lowest BCUT2D eigenvalue weighted by atomic mass is 9.90. The second-order valence-electron chi connectivity index (χ2n) is 6.65. The van der Waals surface area contributed by atoms with Gasteiger partial charge in [0.25, 0.3) is 0 Å². The van der Waals surface area contributed by atoms with Crippen molar-refractivity contribution in [3.8, 4) is 0 Å². The average Bonchev–Trinajstić information content (AvgIpc) is 3.08. The van der Waals surface area contributed by atoms with Gasteiger partial charge in [0.05, 0.1) is 11.0 Å². The molecule has 0 aliphatic carbocycles. The number of likely N-dealkylation sites (tertiary alicyclic amines) is 1. The quantitative estimate of drug-likeness (QED) is 0.670. The molecule has 1 aliphatic heterocycles. The zero-order valence-corrected chi connectivity index (χ0v) is 15.1. The Hall–Kier alpha value is -2.40. The maximum atomic E-state index is 5.63. The molecule has 3 aromatic rings. The number of aromatic nitrogens is 2. The number of benzene rings is 1. The Balaban J connectivity index is 1.41. The van der Waals surface area contributed by atoms with E-state index in [1.807, 2.05) is 24.4 Å². The summed E-state index contributed by atoms with van der Waals surface area (Å²) in [6, 6.07) is 12.3. The summed E-state index contributed by atoms with van der Waals surface area (Å²) in [5.74, 6) is 0.543. The smallest absolute Gasteiger partial charge is 0.173 e. The van der Waals surface area contributed by atoms with Crippen molar-refractivity contribution in [3.63, 3.8) is 0 Å². The van der Waals surface area contributed by atoms with Gasteiger partial charge in [-0.25, -0.2) is 0 Å². The van der Waals surface area contributed by atoms with Gasteiger partial charge >= 0.3 is 0 Å². The number of aryl methyl sites for hydroxylation is 1. The first-order valence-electron chi connectivity index (χ1n) is 8.76. The van der Waals surface area contributed by atoms with Crippen LogP contribution in [-0.4, -0.2) is 33.1 Å². The van der Waals surface area contributed by atoms with Crippen LogP contribution >= 0.6 is 12.2 Å². The molecular formula is C20H22N4S. The number of fused-ring (bicyclic) bond motifs is 1. The highest BCUT2D eigenvalue weighted by Gasteiger charge is 2.24. The van der Waals surface area contributed by atoms with Crippen molar-refractivity contribution < 1.29 is 0 Å². The topological polar surface area (TPSA) is 44.0 Å². The van der Waals surface area contributed by atoms with Crippen LogP contribution in [0, 0.1) is 6.92 Å². The van der Waals surface area contributed by atoms with Gasteiger partial charge in [-0.2, -0.15) is 0 Å². The van der Waals surface area contributed by atoms with Gasteiger partial charge in [-0.1, -0.05) is 18.2 Å². The van der Waals surface area contributed by atoms with Crippen molar-refractivity contribution in [3.05, 3.63) is 59.9 Å². The van der Waals surface area contributed by atoms with E-state index in [1.54, 1.807) is 0 Å². The highest BCUT2D eigenvalue weighted by atomic mass is 32.1. The third kappa shape index (κ3) is 3.24. The molecular weight excluding hydrogens is 328 g/mol. The van der Waals surface area contributed by atoms with Crippen LogP contribution in [-0.2, 0) is 0 Å². The molecule has 1 fully saturated rings. The van der Waals surface area contributed by atoms with Gasteiger partial charge in [0.15, 0.2) is 5.11 Å². The minimum atomic E-state index is 0.543. The van der Waals surface area contributed by atoms with Crippen LogP contribution in [0.4, 0.5) is 5.69 Å². The van der Waals surface area contributed by atoms with Crippen LogP contribution < -0.4 is 5.32 Å². The molecule has 0 atom stereocenters. The number of anilines is 1. The Bertz CT molecular complexity index is 893. The van der Waals surface area contributed by atoms with E-state index < -0.39 is 0 Å². The van der Waals surface area contributed by atoms with E-state index in [4.69, 9.17) is 12.2 Å². The Morgan fingerprint density at radius 2 is 2.00 bits per heavy atom. The number of nitrogens with zero attached hydrogens (tertiary/aromatic N) is 2. The largest absolute Gasteiger partial charge is 0.360 e. The molecule has 25 heavy (non-hydrogen) atoms. The van der Waals surface area contributed by atoms with Gasteiger partial charge in [-0.15, -0.1) is 0 Å². The summed E-state index contributed by atoms with van der Waals surface area (Å²) in [6.45, 7) is 4.05. The Morgan fingerprint density at radius 3 is 2.80 bits per heavy atom. The van der Waals surface area contributed by atoms with Crippen LogP contribution in [0.5, 0.6) is 0 Å². The summed E-state index contributed by atoms with van der Waals surface area (Å²) >= 11 is 5.63. The summed E-state index contributed by atoms with van der Waals surface area (Å²) in [5, 5.41) is 4.22. The lowest BCUT2D eigenvalue weighted by molar-refractivity contribution is 0.317. The van der Waals surface area contributed by atoms with Crippen LogP contribution in [0.3, 0.4) is 0 Å². The molecule has 4 nitrogen and oxygen atoms in total. The first kappa shape index (κ1) is 16.1. The number of rotatable bonds is 2. The van der Waals surface area contributed by atoms with Crippen molar-refractivity contribution in [2.24, 2.45) is 0 Å². The number of hydrogen-bond acceptors (Lipinski definition) is 2. The van der Waals surface area contributed by atoms with Gasteiger partial charge in [-0.3, -0.25) is 4.98 Å². The van der Waals surface area contributed by atoms with E-state index in [9.17, 15) is 0 Å². The zero-order valence-electron chi connectivity index (χ0n) is 14.3. The van der Waals surface area contributed by atoms with Crippen LogP contribution in [0.1, 0.15) is 29.9 Å². The van der Waals surface area contributed by atoms with Crippen molar-refractivity contribution in [1.29, 1.82) is 0 Å². The number of para-hydroxylation sites is 1. The van der Waals surface area contributed by atoms with Gasteiger partial charge in [0.2, 0.25) is 0 Å². The van der Waals surface area contributed by atoms with Crippen molar-refractivity contribution in [2.75, 3.05) is 18.4 Å². The SMILES string of the molecule is Cc1ccccc1NC(=S)N1CCC(c2c[nH]c3cccnc23)CC1. The predicted octanol–water partition coefficient (Wildman–Crippen LogP) is 4.45. The minimum absolute atomic E-state index is 0.543. The number of H-pyrrole nitrogens is 1. The van der Waals surface area contributed by atoms with E-state index >= 15 is 0 Å². The predicted molar refractivity (Wildman–Crippen MR) is 107 cm³/mol. The molecule has 1 aliphatic rings. The fraction of sp³-hybridized carbons (Fsp3) is 0.300. The summed E-state index contributed by atoms with van der Waals surface area (Å²) < 4.78 is 0. The highest BCUT2D eigenvalue weighted by Crippen LogP contribution is 2.32.